The van der Waals surface area contributed by atoms with E-state index in [9.17, 15) is 25.0 Å². The van der Waals surface area contributed by atoms with E-state index in [1.54, 1.807) is 13.8 Å². The highest BCUT2D eigenvalue weighted by molar-refractivity contribution is 7.99. The summed E-state index contributed by atoms with van der Waals surface area (Å²) in [5.74, 6) is -0.674. The quantitative estimate of drug-likeness (QED) is 0.467. The maximum Gasteiger partial charge on any atom is 0.278 e. The molecular formula is C18H14N4O5S. The van der Waals surface area contributed by atoms with Gasteiger partial charge in [-0.3, -0.25) is 25.0 Å². The highest BCUT2D eigenvalue weighted by Gasteiger charge is 2.24. The molecule has 0 unspecified atom stereocenters. The van der Waals surface area contributed by atoms with Gasteiger partial charge in [-0.1, -0.05) is 30.0 Å². The number of nitrogens with zero attached hydrogens (tertiary/aromatic N) is 4. The Bertz CT molecular complexity index is 1060. The monoisotopic (exact) mass is 398 g/mol. The van der Waals surface area contributed by atoms with Crippen LogP contribution >= 0.6 is 11.8 Å². The van der Waals surface area contributed by atoms with E-state index in [-0.39, 0.29) is 5.56 Å². The molecule has 0 saturated heterocycles. The van der Waals surface area contributed by atoms with E-state index in [0.717, 1.165) is 32.7 Å². The SMILES string of the molecule is Cc1nn(C(=O)c2cc([N+](=O)[O-])cc([N+](=O)[O-])c2)c(C)c1Sc1ccccc1. The third kappa shape index (κ3) is 3.76. The van der Waals surface area contributed by atoms with Gasteiger partial charge in [-0.2, -0.15) is 9.78 Å². The molecule has 0 saturated carbocycles. The predicted octanol–water partition coefficient (Wildman–Crippen LogP) is 4.16. The highest BCUT2D eigenvalue weighted by atomic mass is 32.2. The molecule has 142 valence electrons. The molecule has 0 aliphatic carbocycles. The van der Waals surface area contributed by atoms with Crippen molar-refractivity contribution in [3.8, 4) is 0 Å². The summed E-state index contributed by atoms with van der Waals surface area (Å²) in [6, 6.07) is 12.4. The molecule has 0 N–H and O–H groups in total. The Labute approximate surface area is 163 Å². The number of benzene rings is 2. The molecule has 0 aliphatic rings. The molecule has 1 aromatic heterocycles. The second kappa shape index (κ2) is 7.61. The van der Waals surface area contributed by atoms with Crippen molar-refractivity contribution in [3.63, 3.8) is 0 Å². The lowest BCUT2D eigenvalue weighted by Crippen LogP contribution is -2.16. The molecule has 0 radical (unpaired) electrons. The number of non-ortho nitro benzene ring substituents is 2. The molecule has 0 spiro atoms. The summed E-state index contributed by atoms with van der Waals surface area (Å²) in [5.41, 5.74) is -0.0798. The minimum atomic E-state index is -0.776. The van der Waals surface area contributed by atoms with Crippen LogP contribution in [0, 0.1) is 34.1 Å². The van der Waals surface area contributed by atoms with Crippen molar-refractivity contribution in [1.29, 1.82) is 0 Å². The second-order valence-electron chi connectivity index (χ2n) is 5.88. The summed E-state index contributed by atoms with van der Waals surface area (Å²) < 4.78 is 1.11. The maximum atomic E-state index is 12.9. The summed E-state index contributed by atoms with van der Waals surface area (Å²) in [4.78, 5) is 35.2. The van der Waals surface area contributed by atoms with E-state index in [1.807, 2.05) is 30.3 Å². The van der Waals surface area contributed by atoms with E-state index in [1.165, 1.54) is 11.8 Å². The Balaban J connectivity index is 2.03. The van der Waals surface area contributed by atoms with E-state index in [4.69, 9.17) is 0 Å². The minimum Gasteiger partial charge on any atom is -0.267 e. The first kappa shape index (κ1) is 19.2. The standard InChI is InChI=1S/C18H14N4O5S/c1-11-17(28-16-6-4-3-5-7-16)12(2)20(19-11)18(23)13-8-14(21(24)25)10-15(9-13)22(26)27/h3-10H,1-2H3. The first-order valence-electron chi connectivity index (χ1n) is 8.05. The van der Waals surface area contributed by atoms with Crippen molar-refractivity contribution >= 4 is 29.0 Å². The molecule has 10 heteroatoms. The summed E-state index contributed by atoms with van der Waals surface area (Å²) in [7, 11) is 0. The third-order valence-electron chi connectivity index (χ3n) is 3.95. The van der Waals surface area contributed by atoms with Gasteiger partial charge in [0.1, 0.15) is 0 Å². The summed E-state index contributed by atoms with van der Waals surface area (Å²) in [6.45, 7) is 3.45. The molecule has 3 aromatic rings. The average Bonchev–Trinajstić information content (AvgIpc) is 2.96. The molecule has 28 heavy (non-hydrogen) atoms. The van der Waals surface area contributed by atoms with Crippen LogP contribution in [0.15, 0.2) is 58.3 Å². The predicted molar refractivity (Wildman–Crippen MR) is 102 cm³/mol. The number of rotatable bonds is 5. The van der Waals surface area contributed by atoms with Crippen LogP contribution in [0.1, 0.15) is 21.7 Å². The zero-order valence-corrected chi connectivity index (χ0v) is 15.7. The largest absolute Gasteiger partial charge is 0.278 e. The van der Waals surface area contributed by atoms with Crippen molar-refractivity contribution in [2.45, 2.75) is 23.6 Å². The second-order valence-corrected chi connectivity index (χ2v) is 6.97. The zero-order valence-electron chi connectivity index (χ0n) is 14.9. The average molecular weight is 398 g/mol. The van der Waals surface area contributed by atoms with Gasteiger partial charge in [0, 0.05) is 17.0 Å². The van der Waals surface area contributed by atoms with Crippen molar-refractivity contribution < 1.29 is 14.6 Å². The molecule has 0 atom stereocenters. The summed E-state index contributed by atoms with van der Waals surface area (Å²) >= 11 is 1.44. The van der Waals surface area contributed by atoms with Crippen LogP contribution in [0.4, 0.5) is 11.4 Å². The van der Waals surface area contributed by atoms with E-state index >= 15 is 0 Å². The van der Waals surface area contributed by atoms with Gasteiger partial charge in [-0.25, -0.2) is 0 Å². The highest BCUT2D eigenvalue weighted by Crippen LogP contribution is 2.33. The van der Waals surface area contributed by atoms with Crippen LogP contribution in [0.5, 0.6) is 0 Å². The topological polar surface area (TPSA) is 121 Å². The fourth-order valence-electron chi connectivity index (χ4n) is 2.63. The fourth-order valence-corrected chi connectivity index (χ4v) is 3.58. The van der Waals surface area contributed by atoms with Crippen LogP contribution in [0.25, 0.3) is 0 Å². The van der Waals surface area contributed by atoms with Gasteiger partial charge >= 0.3 is 0 Å². The smallest absolute Gasteiger partial charge is 0.267 e. The van der Waals surface area contributed by atoms with Crippen molar-refractivity contribution in [1.82, 2.24) is 9.78 Å². The normalized spacial score (nSPS) is 10.6. The van der Waals surface area contributed by atoms with Crippen LogP contribution in [0.3, 0.4) is 0 Å². The summed E-state index contributed by atoms with van der Waals surface area (Å²) in [5, 5.41) is 26.4. The van der Waals surface area contributed by atoms with Crippen LogP contribution < -0.4 is 0 Å². The number of carbonyl (C=O) groups is 1. The lowest BCUT2D eigenvalue weighted by molar-refractivity contribution is -0.394. The van der Waals surface area contributed by atoms with Gasteiger partial charge in [-0.05, 0) is 26.0 Å². The van der Waals surface area contributed by atoms with E-state index in [0.29, 0.717) is 11.4 Å². The van der Waals surface area contributed by atoms with Gasteiger partial charge in [0.15, 0.2) is 0 Å². The van der Waals surface area contributed by atoms with Gasteiger partial charge in [-0.15, -0.1) is 0 Å². The molecule has 9 nitrogen and oxygen atoms in total. The first-order chi connectivity index (χ1) is 13.3. The van der Waals surface area contributed by atoms with Crippen LogP contribution in [-0.4, -0.2) is 25.5 Å². The molecule has 0 amide bonds. The fraction of sp³-hybridized carbons (Fsp3) is 0.111. The molecule has 0 aliphatic heterocycles. The van der Waals surface area contributed by atoms with Crippen molar-refractivity contribution in [2.75, 3.05) is 0 Å². The number of hydrogen-bond donors (Lipinski definition) is 0. The number of carbonyl (C=O) groups excluding carboxylic acids is 1. The minimum absolute atomic E-state index is 0.178. The molecule has 1 heterocycles. The van der Waals surface area contributed by atoms with Gasteiger partial charge in [0.05, 0.1) is 37.8 Å². The van der Waals surface area contributed by atoms with Crippen LogP contribution in [-0.2, 0) is 0 Å². The lowest BCUT2D eigenvalue weighted by atomic mass is 10.1. The number of aromatic nitrogens is 2. The Morgan fingerprint density at radius 3 is 2.11 bits per heavy atom. The molecule has 3 rings (SSSR count). The van der Waals surface area contributed by atoms with Crippen molar-refractivity contribution in [2.24, 2.45) is 0 Å². The Morgan fingerprint density at radius 2 is 1.57 bits per heavy atom. The van der Waals surface area contributed by atoms with Gasteiger partial charge in [0.2, 0.25) is 0 Å². The molecule has 0 fully saturated rings. The van der Waals surface area contributed by atoms with Gasteiger partial charge in [0.25, 0.3) is 17.3 Å². The molecule has 2 aromatic carbocycles. The molecular weight excluding hydrogens is 384 g/mol. The van der Waals surface area contributed by atoms with Gasteiger partial charge < -0.3 is 0 Å². The van der Waals surface area contributed by atoms with Crippen molar-refractivity contribution in [3.05, 3.63) is 85.7 Å². The number of hydrogen-bond acceptors (Lipinski definition) is 7. The Hall–Kier alpha value is -3.53. The Morgan fingerprint density at radius 1 is 1.00 bits per heavy atom. The van der Waals surface area contributed by atoms with E-state index in [2.05, 4.69) is 5.10 Å². The third-order valence-corrected chi connectivity index (χ3v) is 5.25. The lowest BCUT2D eigenvalue weighted by Gasteiger charge is -2.05. The number of nitro benzene ring substituents is 2. The first-order valence-corrected chi connectivity index (χ1v) is 8.87. The zero-order chi connectivity index (χ0) is 20.4. The van der Waals surface area contributed by atoms with Crippen LogP contribution in [0.2, 0.25) is 0 Å². The van der Waals surface area contributed by atoms with E-state index < -0.39 is 27.1 Å². The number of aryl methyl sites for hydroxylation is 1. The number of nitro groups is 2. The maximum absolute atomic E-state index is 12.9. The molecule has 0 bridgehead atoms. The Kier molecular flexibility index (Phi) is 5.23. The summed E-state index contributed by atoms with van der Waals surface area (Å²) in [6.07, 6.45) is 0.